The van der Waals surface area contributed by atoms with E-state index in [2.05, 4.69) is 5.16 Å². The molecule has 0 N–H and O–H groups in total. The second kappa shape index (κ2) is 8.03. The van der Waals surface area contributed by atoms with Gasteiger partial charge in [0, 0.05) is 23.1 Å². The largest absolute Gasteiger partial charge is 0.355 e. The zero-order chi connectivity index (χ0) is 21.2. The van der Waals surface area contributed by atoms with Gasteiger partial charge in [0.15, 0.2) is 5.76 Å². The summed E-state index contributed by atoms with van der Waals surface area (Å²) in [5.74, 6) is -0.189. The van der Waals surface area contributed by atoms with Crippen LogP contribution in [0.1, 0.15) is 12.0 Å². The van der Waals surface area contributed by atoms with Crippen LogP contribution in [-0.4, -0.2) is 17.0 Å². The lowest BCUT2D eigenvalue weighted by Gasteiger charge is -2.15. The maximum Gasteiger partial charge on any atom is 0.237 e. The number of carbonyl (C=O) groups excluding carboxylic acids is 2. The van der Waals surface area contributed by atoms with Gasteiger partial charge in [0.05, 0.1) is 11.6 Å². The Morgan fingerprint density at radius 1 is 0.806 bits per heavy atom. The Kier molecular flexibility index (Phi) is 4.92. The minimum Gasteiger partial charge on any atom is -0.355 e. The molecule has 1 aliphatic heterocycles. The lowest BCUT2D eigenvalue weighted by atomic mass is 9.92. The summed E-state index contributed by atoms with van der Waals surface area (Å²) < 4.78 is 5.76. The Morgan fingerprint density at radius 2 is 1.39 bits per heavy atom. The van der Waals surface area contributed by atoms with Crippen molar-refractivity contribution in [2.24, 2.45) is 5.92 Å². The molecule has 1 aromatic heterocycles. The highest BCUT2D eigenvalue weighted by atomic mass is 16.5. The highest BCUT2D eigenvalue weighted by Gasteiger charge is 2.40. The third-order valence-electron chi connectivity index (χ3n) is 5.58. The van der Waals surface area contributed by atoms with Gasteiger partial charge >= 0.3 is 0 Å². The summed E-state index contributed by atoms with van der Waals surface area (Å²) >= 11 is 0. The highest BCUT2D eigenvalue weighted by molar-refractivity contribution is 6.21. The second-order valence-electron chi connectivity index (χ2n) is 7.58. The molecule has 0 aliphatic carbocycles. The fourth-order valence-electron chi connectivity index (χ4n) is 4.09. The lowest BCUT2D eigenvalue weighted by molar-refractivity contribution is -0.122. The number of para-hydroxylation sites is 1. The van der Waals surface area contributed by atoms with Gasteiger partial charge in [0.25, 0.3) is 0 Å². The molecule has 0 radical (unpaired) electrons. The fraction of sp³-hybridized carbons (Fsp3) is 0.115. The quantitative estimate of drug-likeness (QED) is 0.430. The van der Waals surface area contributed by atoms with E-state index in [1.54, 1.807) is 12.1 Å². The van der Waals surface area contributed by atoms with E-state index in [-0.39, 0.29) is 18.2 Å². The van der Waals surface area contributed by atoms with Gasteiger partial charge in [-0.3, -0.25) is 14.5 Å². The molecule has 31 heavy (non-hydrogen) atoms. The predicted molar refractivity (Wildman–Crippen MR) is 118 cm³/mol. The summed E-state index contributed by atoms with van der Waals surface area (Å²) in [4.78, 5) is 27.2. The topological polar surface area (TPSA) is 63.4 Å². The first-order valence-corrected chi connectivity index (χ1v) is 10.2. The zero-order valence-electron chi connectivity index (χ0n) is 16.8. The van der Waals surface area contributed by atoms with E-state index < -0.39 is 5.92 Å². The maximum absolute atomic E-state index is 13.2. The number of aromatic nitrogens is 1. The molecule has 2 amide bonds. The SMILES string of the molecule is O=C1CC(Cc2c(-c3ccccc3)noc2-c2ccccc2)C(=O)N1c1ccccc1. The van der Waals surface area contributed by atoms with Gasteiger partial charge in [-0.15, -0.1) is 0 Å². The van der Waals surface area contributed by atoms with E-state index in [1.165, 1.54) is 4.90 Å². The van der Waals surface area contributed by atoms with E-state index in [0.717, 1.165) is 16.7 Å². The molecule has 1 unspecified atom stereocenters. The Balaban J connectivity index is 1.53. The average molecular weight is 408 g/mol. The third-order valence-corrected chi connectivity index (χ3v) is 5.58. The minimum atomic E-state index is -0.461. The van der Waals surface area contributed by atoms with E-state index in [4.69, 9.17) is 4.52 Å². The molecule has 5 rings (SSSR count). The summed E-state index contributed by atoms with van der Waals surface area (Å²) in [6.07, 6.45) is 0.549. The number of benzene rings is 3. The van der Waals surface area contributed by atoms with Crippen LogP contribution in [0.3, 0.4) is 0 Å². The Labute approximate surface area is 179 Å². The standard InChI is InChI=1S/C26H20N2O3/c29-23-17-20(26(30)28(23)21-14-8-3-9-15-21)16-22-24(18-10-4-1-5-11-18)27-31-25(22)19-12-6-2-7-13-19/h1-15,20H,16-17H2. The molecular formula is C26H20N2O3. The van der Waals surface area contributed by atoms with Crippen LogP contribution in [-0.2, 0) is 16.0 Å². The number of nitrogens with zero attached hydrogens (tertiary/aromatic N) is 2. The van der Waals surface area contributed by atoms with Crippen molar-refractivity contribution in [2.75, 3.05) is 4.90 Å². The number of hydrogen-bond donors (Lipinski definition) is 0. The molecule has 4 aromatic rings. The van der Waals surface area contributed by atoms with Gasteiger partial charge in [-0.2, -0.15) is 0 Å². The van der Waals surface area contributed by atoms with Gasteiger partial charge in [0.1, 0.15) is 5.69 Å². The molecule has 1 atom stereocenters. The first kappa shape index (κ1) is 19.0. The van der Waals surface area contributed by atoms with Crippen molar-refractivity contribution in [1.82, 2.24) is 5.16 Å². The first-order valence-electron chi connectivity index (χ1n) is 10.2. The molecule has 3 aromatic carbocycles. The van der Waals surface area contributed by atoms with Crippen LogP contribution in [0.5, 0.6) is 0 Å². The molecule has 2 heterocycles. The predicted octanol–water partition coefficient (Wildman–Crippen LogP) is 5.13. The molecule has 1 saturated heterocycles. The lowest BCUT2D eigenvalue weighted by Crippen LogP contribution is -2.30. The molecular weight excluding hydrogens is 388 g/mol. The van der Waals surface area contributed by atoms with Crippen LogP contribution in [0, 0.1) is 5.92 Å². The van der Waals surface area contributed by atoms with Gasteiger partial charge in [-0.1, -0.05) is 84.0 Å². The van der Waals surface area contributed by atoms with Crippen molar-refractivity contribution in [3.05, 3.63) is 96.6 Å². The number of rotatable bonds is 5. The zero-order valence-corrected chi connectivity index (χ0v) is 16.8. The van der Waals surface area contributed by atoms with E-state index >= 15 is 0 Å². The Morgan fingerprint density at radius 3 is 2.03 bits per heavy atom. The van der Waals surface area contributed by atoms with Gasteiger partial charge in [0.2, 0.25) is 11.8 Å². The normalized spacial score (nSPS) is 16.1. The van der Waals surface area contributed by atoms with Gasteiger partial charge in [-0.25, -0.2) is 0 Å². The van der Waals surface area contributed by atoms with Crippen molar-refractivity contribution >= 4 is 17.5 Å². The number of imide groups is 1. The minimum absolute atomic E-state index is 0.168. The monoisotopic (exact) mass is 408 g/mol. The third kappa shape index (κ3) is 3.55. The Bertz CT molecular complexity index is 1160. The molecule has 5 heteroatoms. The number of hydrogen-bond acceptors (Lipinski definition) is 4. The van der Waals surface area contributed by atoms with Gasteiger partial charge in [-0.05, 0) is 18.6 Å². The fourth-order valence-corrected chi connectivity index (χ4v) is 4.09. The van der Waals surface area contributed by atoms with Crippen LogP contribution < -0.4 is 4.90 Å². The molecule has 5 nitrogen and oxygen atoms in total. The second-order valence-corrected chi connectivity index (χ2v) is 7.58. The number of anilines is 1. The first-order chi connectivity index (χ1) is 15.2. The summed E-state index contributed by atoms with van der Waals surface area (Å²) in [7, 11) is 0. The van der Waals surface area contributed by atoms with Crippen molar-refractivity contribution < 1.29 is 14.1 Å². The molecule has 0 bridgehead atoms. The van der Waals surface area contributed by atoms with Crippen LogP contribution in [0.2, 0.25) is 0 Å². The van der Waals surface area contributed by atoms with E-state index in [9.17, 15) is 9.59 Å². The van der Waals surface area contributed by atoms with Crippen molar-refractivity contribution in [1.29, 1.82) is 0 Å². The van der Waals surface area contributed by atoms with Crippen molar-refractivity contribution in [3.63, 3.8) is 0 Å². The summed E-state index contributed by atoms with van der Waals surface area (Å²) in [5.41, 5.74) is 3.97. The van der Waals surface area contributed by atoms with Crippen LogP contribution in [0.4, 0.5) is 5.69 Å². The maximum atomic E-state index is 13.2. The van der Waals surface area contributed by atoms with E-state index in [1.807, 2.05) is 78.9 Å². The summed E-state index contributed by atoms with van der Waals surface area (Å²) in [6.45, 7) is 0. The number of carbonyl (C=O) groups is 2. The molecule has 0 spiro atoms. The average Bonchev–Trinajstić information content (AvgIpc) is 3.36. The molecule has 1 aliphatic rings. The van der Waals surface area contributed by atoms with Gasteiger partial charge < -0.3 is 4.52 Å². The smallest absolute Gasteiger partial charge is 0.237 e. The van der Waals surface area contributed by atoms with Crippen molar-refractivity contribution in [3.8, 4) is 22.6 Å². The van der Waals surface area contributed by atoms with Crippen LogP contribution >= 0.6 is 0 Å². The van der Waals surface area contributed by atoms with Crippen LogP contribution in [0.25, 0.3) is 22.6 Å². The molecule has 152 valence electrons. The Hall–Kier alpha value is -3.99. The summed E-state index contributed by atoms with van der Waals surface area (Å²) in [5, 5.41) is 4.34. The van der Waals surface area contributed by atoms with E-state index in [0.29, 0.717) is 23.6 Å². The molecule has 0 saturated carbocycles. The highest BCUT2D eigenvalue weighted by Crippen LogP contribution is 2.37. The van der Waals surface area contributed by atoms with Crippen LogP contribution in [0.15, 0.2) is 95.5 Å². The van der Waals surface area contributed by atoms with Crippen molar-refractivity contribution in [2.45, 2.75) is 12.8 Å². The summed E-state index contributed by atoms with van der Waals surface area (Å²) in [6, 6.07) is 28.5. The molecule has 1 fully saturated rings. The number of amides is 2.